The van der Waals surface area contributed by atoms with Crippen LogP contribution in [0.1, 0.15) is 28.7 Å². The molecule has 27 heavy (non-hydrogen) atoms. The van der Waals surface area contributed by atoms with Crippen LogP contribution in [0.3, 0.4) is 0 Å². The molecular formula is C18H22ClN5O3. The van der Waals surface area contributed by atoms with Crippen LogP contribution in [0.2, 0.25) is 5.02 Å². The van der Waals surface area contributed by atoms with E-state index in [1.807, 2.05) is 6.92 Å². The summed E-state index contributed by atoms with van der Waals surface area (Å²) in [5.74, 6) is -1.33. The number of aryl methyl sites for hydroxylation is 2. The van der Waals surface area contributed by atoms with Gasteiger partial charge in [-0.15, -0.1) is 0 Å². The van der Waals surface area contributed by atoms with Gasteiger partial charge in [-0.25, -0.2) is 0 Å². The lowest BCUT2D eigenvalue weighted by molar-refractivity contribution is -0.125. The predicted octanol–water partition coefficient (Wildman–Crippen LogP) is 1.56. The molecule has 9 heteroatoms. The molecule has 0 saturated carbocycles. The number of nitrogens with zero attached hydrogens (tertiary/aromatic N) is 2. The summed E-state index contributed by atoms with van der Waals surface area (Å²) in [7, 11) is 1.78. The van der Waals surface area contributed by atoms with Crippen LogP contribution in [0.5, 0.6) is 0 Å². The van der Waals surface area contributed by atoms with Crippen molar-refractivity contribution < 1.29 is 14.4 Å². The zero-order valence-corrected chi connectivity index (χ0v) is 16.3. The maximum absolute atomic E-state index is 12.2. The first-order valence-corrected chi connectivity index (χ1v) is 8.71. The summed E-state index contributed by atoms with van der Waals surface area (Å²) >= 11 is 5.97. The van der Waals surface area contributed by atoms with Gasteiger partial charge in [0.25, 0.3) is 5.91 Å². The molecule has 0 unspecified atom stereocenters. The molecule has 144 valence electrons. The monoisotopic (exact) mass is 391 g/mol. The molecule has 0 spiro atoms. The quantitative estimate of drug-likeness (QED) is 0.694. The number of anilines is 1. The van der Waals surface area contributed by atoms with Crippen LogP contribution in [-0.4, -0.2) is 40.1 Å². The van der Waals surface area contributed by atoms with Gasteiger partial charge in [-0.05, 0) is 32.9 Å². The molecule has 0 aliphatic heterocycles. The number of rotatable bonds is 6. The maximum atomic E-state index is 12.2. The first kappa shape index (κ1) is 20.4. The van der Waals surface area contributed by atoms with Crippen LogP contribution in [0.4, 0.5) is 5.69 Å². The van der Waals surface area contributed by atoms with E-state index in [2.05, 4.69) is 21.0 Å². The normalized spacial score (nSPS) is 11.6. The summed E-state index contributed by atoms with van der Waals surface area (Å²) in [5.41, 5.74) is 2.40. The largest absolute Gasteiger partial charge is 0.345 e. The van der Waals surface area contributed by atoms with Crippen molar-refractivity contribution in [3.63, 3.8) is 0 Å². The molecule has 1 aromatic heterocycles. The standard InChI is InChI=1S/C18H22ClN5O3/c1-10-16(12(3)24(4)23-10)22-15(25)9-20-17(26)11(2)21-18(27)13-7-5-6-8-14(13)19/h5-8,11H,9H2,1-4H3,(H,20,26)(H,21,27)(H,22,25)/t11-/m0/s1. The Morgan fingerprint density at radius 1 is 1.22 bits per heavy atom. The molecule has 0 fully saturated rings. The Morgan fingerprint density at radius 2 is 1.89 bits per heavy atom. The number of carbonyl (C=O) groups excluding carboxylic acids is 3. The van der Waals surface area contributed by atoms with E-state index >= 15 is 0 Å². The van der Waals surface area contributed by atoms with E-state index in [0.29, 0.717) is 16.4 Å². The van der Waals surface area contributed by atoms with Gasteiger partial charge in [0, 0.05) is 7.05 Å². The van der Waals surface area contributed by atoms with Crippen molar-refractivity contribution in [2.45, 2.75) is 26.8 Å². The number of aromatic nitrogens is 2. The number of halogens is 1. The summed E-state index contributed by atoms with van der Waals surface area (Å²) in [4.78, 5) is 36.4. The van der Waals surface area contributed by atoms with E-state index in [-0.39, 0.29) is 18.0 Å². The second-order valence-electron chi connectivity index (χ2n) is 6.11. The van der Waals surface area contributed by atoms with Gasteiger partial charge in [0.15, 0.2) is 0 Å². The Morgan fingerprint density at radius 3 is 2.48 bits per heavy atom. The number of nitrogens with one attached hydrogen (secondary N) is 3. The fraction of sp³-hybridized carbons (Fsp3) is 0.333. The van der Waals surface area contributed by atoms with Gasteiger partial charge in [-0.2, -0.15) is 5.10 Å². The van der Waals surface area contributed by atoms with Gasteiger partial charge < -0.3 is 16.0 Å². The van der Waals surface area contributed by atoms with Gasteiger partial charge in [0.1, 0.15) is 6.04 Å². The SMILES string of the molecule is Cc1nn(C)c(C)c1NC(=O)CNC(=O)[C@H](C)NC(=O)c1ccccc1Cl. The molecule has 3 N–H and O–H groups in total. The highest BCUT2D eigenvalue weighted by Crippen LogP contribution is 2.18. The third-order valence-corrected chi connectivity index (χ3v) is 4.39. The fourth-order valence-electron chi connectivity index (χ4n) is 2.44. The molecule has 8 nitrogen and oxygen atoms in total. The molecule has 0 aliphatic carbocycles. The lowest BCUT2D eigenvalue weighted by atomic mass is 10.2. The highest BCUT2D eigenvalue weighted by molar-refractivity contribution is 6.33. The Labute approximate surface area is 162 Å². The Balaban J connectivity index is 1.86. The third kappa shape index (κ3) is 5.07. The maximum Gasteiger partial charge on any atom is 0.253 e. The van der Waals surface area contributed by atoms with Crippen LogP contribution >= 0.6 is 11.6 Å². The van der Waals surface area contributed by atoms with Crippen molar-refractivity contribution in [2.24, 2.45) is 7.05 Å². The molecule has 1 aromatic carbocycles. The smallest absolute Gasteiger partial charge is 0.253 e. The van der Waals surface area contributed by atoms with E-state index in [1.165, 1.54) is 6.92 Å². The summed E-state index contributed by atoms with van der Waals surface area (Å²) in [6.07, 6.45) is 0. The molecule has 0 radical (unpaired) electrons. The number of amides is 3. The summed E-state index contributed by atoms with van der Waals surface area (Å²) in [5, 5.41) is 12.3. The van der Waals surface area contributed by atoms with E-state index in [4.69, 9.17) is 11.6 Å². The van der Waals surface area contributed by atoms with Crippen LogP contribution in [0, 0.1) is 13.8 Å². The van der Waals surface area contributed by atoms with Gasteiger partial charge in [-0.3, -0.25) is 19.1 Å². The average molecular weight is 392 g/mol. The Kier molecular flexibility index (Phi) is 6.57. The minimum atomic E-state index is -0.830. The number of hydrogen-bond acceptors (Lipinski definition) is 4. The predicted molar refractivity (Wildman–Crippen MR) is 103 cm³/mol. The van der Waals surface area contributed by atoms with Crippen LogP contribution < -0.4 is 16.0 Å². The molecule has 0 aliphatic rings. The van der Waals surface area contributed by atoms with Crippen molar-refractivity contribution in [3.05, 3.63) is 46.2 Å². The molecule has 0 saturated heterocycles. The fourth-order valence-corrected chi connectivity index (χ4v) is 2.67. The summed E-state index contributed by atoms with van der Waals surface area (Å²) in [6.45, 7) is 4.92. The van der Waals surface area contributed by atoms with Crippen molar-refractivity contribution in [2.75, 3.05) is 11.9 Å². The third-order valence-electron chi connectivity index (χ3n) is 4.06. The summed E-state index contributed by atoms with van der Waals surface area (Å²) in [6, 6.07) is 5.71. The van der Waals surface area contributed by atoms with Crippen LogP contribution in [0.25, 0.3) is 0 Å². The highest BCUT2D eigenvalue weighted by Gasteiger charge is 2.19. The molecule has 1 heterocycles. The second kappa shape index (κ2) is 8.68. The van der Waals surface area contributed by atoms with E-state index in [9.17, 15) is 14.4 Å². The lowest BCUT2D eigenvalue weighted by Gasteiger charge is -2.14. The average Bonchev–Trinajstić information content (AvgIpc) is 2.86. The lowest BCUT2D eigenvalue weighted by Crippen LogP contribution is -2.46. The summed E-state index contributed by atoms with van der Waals surface area (Å²) < 4.78 is 1.66. The molecule has 3 amide bonds. The van der Waals surface area contributed by atoms with Crippen LogP contribution in [-0.2, 0) is 16.6 Å². The second-order valence-corrected chi connectivity index (χ2v) is 6.52. The minimum Gasteiger partial charge on any atom is -0.345 e. The number of hydrogen-bond donors (Lipinski definition) is 3. The van der Waals surface area contributed by atoms with Crippen molar-refractivity contribution in [1.82, 2.24) is 20.4 Å². The van der Waals surface area contributed by atoms with Gasteiger partial charge in [-0.1, -0.05) is 23.7 Å². The molecular weight excluding hydrogens is 370 g/mol. The zero-order chi connectivity index (χ0) is 20.1. The first-order chi connectivity index (χ1) is 12.7. The number of carbonyl (C=O) groups is 3. The van der Waals surface area contributed by atoms with Crippen LogP contribution in [0.15, 0.2) is 24.3 Å². The van der Waals surface area contributed by atoms with E-state index in [0.717, 1.165) is 5.69 Å². The van der Waals surface area contributed by atoms with Crippen molar-refractivity contribution in [1.29, 1.82) is 0 Å². The molecule has 2 aromatic rings. The molecule has 0 bridgehead atoms. The Hall–Kier alpha value is -2.87. The minimum absolute atomic E-state index is 0.223. The first-order valence-electron chi connectivity index (χ1n) is 8.33. The van der Waals surface area contributed by atoms with E-state index in [1.54, 1.807) is 42.9 Å². The topological polar surface area (TPSA) is 105 Å². The van der Waals surface area contributed by atoms with Gasteiger partial charge >= 0.3 is 0 Å². The van der Waals surface area contributed by atoms with Crippen molar-refractivity contribution >= 4 is 35.0 Å². The zero-order valence-electron chi connectivity index (χ0n) is 15.6. The van der Waals surface area contributed by atoms with E-state index < -0.39 is 17.9 Å². The Bertz CT molecular complexity index is 878. The molecule has 2 rings (SSSR count). The van der Waals surface area contributed by atoms with Crippen molar-refractivity contribution in [3.8, 4) is 0 Å². The van der Waals surface area contributed by atoms with Gasteiger partial charge in [0.2, 0.25) is 11.8 Å². The highest BCUT2D eigenvalue weighted by atomic mass is 35.5. The molecule has 1 atom stereocenters. The number of benzene rings is 1. The van der Waals surface area contributed by atoms with Gasteiger partial charge in [0.05, 0.1) is 34.2 Å².